The summed E-state index contributed by atoms with van der Waals surface area (Å²) in [5, 5.41) is 4.43. The predicted octanol–water partition coefficient (Wildman–Crippen LogP) is 11.5. The van der Waals surface area contributed by atoms with Crippen molar-refractivity contribution in [2.45, 2.75) is 13.8 Å². The average Bonchev–Trinajstić information content (AvgIpc) is 3.56. The van der Waals surface area contributed by atoms with E-state index in [9.17, 15) is 0 Å². The Morgan fingerprint density at radius 2 is 1.40 bits per heavy atom. The van der Waals surface area contributed by atoms with Crippen LogP contribution in [0.2, 0.25) is 0 Å². The maximum atomic E-state index is 6.48. The van der Waals surface area contributed by atoms with Crippen molar-refractivity contribution in [2.75, 3.05) is 0 Å². The molecule has 0 aliphatic rings. The van der Waals surface area contributed by atoms with E-state index < -0.39 is 0 Å². The quantitative estimate of drug-likeness (QED) is 0.166. The third-order valence-corrected chi connectivity index (χ3v) is 8.79. The van der Waals surface area contributed by atoms with Crippen molar-refractivity contribution in [1.82, 2.24) is 15.0 Å². The van der Waals surface area contributed by atoms with Crippen LogP contribution in [0.5, 0.6) is 0 Å². The molecule has 9 rings (SSSR count). The molecule has 0 spiro atoms. The number of rotatable bonds is 4. The van der Waals surface area contributed by atoms with Crippen molar-refractivity contribution >= 4 is 32.7 Å². The molecular formula is C45H31IrN3O-2. The smallest absolute Gasteiger partial charge is 0.128 e. The van der Waals surface area contributed by atoms with Gasteiger partial charge in [-0.25, -0.2) is 0 Å². The van der Waals surface area contributed by atoms with Crippen molar-refractivity contribution < 1.29 is 24.5 Å². The second kappa shape index (κ2) is 14.4. The first-order chi connectivity index (χ1) is 24.1. The van der Waals surface area contributed by atoms with Crippen LogP contribution in [0.1, 0.15) is 11.1 Å². The summed E-state index contributed by atoms with van der Waals surface area (Å²) in [5.74, 6) is 0. The Morgan fingerprint density at radius 3 is 2.22 bits per heavy atom. The van der Waals surface area contributed by atoms with Crippen molar-refractivity contribution in [3.8, 4) is 44.8 Å². The maximum Gasteiger partial charge on any atom is 0.128 e. The zero-order valence-corrected chi connectivity index (χ0v) is 29.9. The van der Waals surface area contributed by atoms with E-state index in [1.54, 1.807) is 6.20 Å². The van der Waals surface area contributed by atoms with Gasteiger partial charge in [-0.2, -0.15) is 0 Å². The van der Waals surface area contributed by atoms with Crippen molar-refractivity contribution in [1.29, 1.82) is 0 Å². The summed E-state index contributed by atoms with van der Waals surface area (Å²) in [6.45, 7) is 4.16. The molecule has 0 atom stereocenters. The Labute approximate surface area is 304 Å². The Bertz CT molecular complexity index is 2560. The Balaban J connectivity index is 0.000000165. The normalized spacial score (nSPS) is 10.8. The molecule has 50 heavy (non-hydrogen) atoms. The molecule has 0 N–H and O–H groups in total. The summed E-state index contributed by atoms with van der Waals surface area (Å²) in [7, 11) is 0. The van der Waals surface area contributed by atoms with Gasteiger partial charge < -0.3 is 14.4 Å². The third-order valence-electron chi connectivity index (χ3n) is 8.79. The van der Waals surface area contributed by atoms with Gasteiger partial charge in [-0.3, -0.25) is 4.98 Å². The number of hydrogen-bond acceptors (Lipinski definition) is 4. The number of fused-ring (bicyclic) bond motifs is 4. The van der Waals surface area contributed by atoms with Crippen molar-refractivity contribution in [2.24, 2.45) is 0 Å². The molecular weight excluding hydrogens is 791 g/mol. The SMILES string of the molecule is Cc1c[c-]c(-c2cc(-c3ccccc3)c(C)cn2)cc1.[Ir].[c-]1ccc2c(oc3c(-c4cccc5ccncc45)cccc32)c1-c1ccccn1. The van der Waals surface area contributed by atoms with Crippen molar-refractivity contribution in [3.63, 3.8) is 0 Å². The Morgan fingerprint density at radius 1 is 0.580 bits per heavy atom. The Kier molecular flexibility index (Phi) is 9.44. The van der Waals surface area contributed by atoms with E-state index in [1.165, 1.54) is 22.3 Å². The predicted molar refractivity (Wildman–Crippen MR) is 200 cm³/mol. The monoisotopic (exact) mass is 822 g/mol. The topological polar surface area (TPSA) is 51.8 Å². The van der Waals surface area contributed by atoms with Crippen LogP contribution in [0.4, 0.5) is 0 Å². The summed E-state index contributed by atoms with van der Waals surface area (Å²) in [4.78, 5) is 13.4. The molecule has 0 bridgehead atoms. The third kappa shape index (κ3) is 6.37. The number of para-hydroxylation sites is 1. The Hall–Kier alpha value is -5.74. The van der Waals surface area contributed by atoms with Crippen LogP contribution in [-0.2, 0) is 20.1 Å². The second-order valence-electron chi connectivity index (χ2n) is 12.0. The molecule has 4 nitrogen and oxygen atoms in total. The van der Waals surface area contributed by atoms with Crippen LogP contribution in [0.3, 0.4) is 0 Å². The van der Waals surface area contributed by atoms with Crippen LogP contribution >= 0.6 is 0 Å². The number of hydrogen-bond donors (Lipinski definition) is 0. The number of furan rings is 1. The number of nitrogens with zero attached hydrogens (tertiary/aromatic N) is 3. The molecule has 4 heterocycles. The van der Waals surface area contributed by atoms with Gasteiger partial charge in [-0.05, 0) is 58.1 Å². The van der Waals surface area contributed by atoms with E-state index in [0.717, 1.165) is 66.4 Å². The molecule has 0 unspecified atom stereocenters. The maximum absolute atomic E-state index is 6.48. The first-order valence-corrected chi connectivity index (χ1v) is 16.3. The molecule has 0 aliphatic carbocycles. The van der Waals surface area contributed by atoms with Gasteiger partial charge in [0.05, 0.1) is 5.58 Å². The first kappa shape index (κ1) is 32.8. The molecule has 243 valence electrons. The van der Waals surface area contributed by atoms with Crippen molar-refractivity contribution in [3.05, 3.63) is 175 Å². The molecule has 0 amide bonds. The zero-order chi connectivity index (χ0) is 33.2. The van der Waals surface area contributed by atoms with E-state index in [2.05, 4.69) is 126 Å². The second-order valence-corrected chi connectivity index (χ2v) is 12.0. The van der Waals surface area contributed by atoms with Crippen LogP contribution in [0.15, 0.2) is 157 Å². The van der Waals surface area contributed by atoms with Gasteiger partial charge in [0.15, 0.2) is 0 Å². The van der Waals surface area contributed by atoms with E-state index in [0.29, 0.717) is 0 Å². The number of aromatic nitrogens is 3. The fraction of sp³-hybridized carbons (Fsp3) is 0.0444. The van der Waals surface area contributed by atoms with E-state index in [1.807, 2.05) is 61.1 Å². The molecule has 0 aliphatic heterocycles. The summed E-state index contributed by atoms with van der Waals surface area (Å²) in [5.41, 5.74) is 12.4. The zero-order valence-electron chi connectivity index (χ0n) is 27.5. The molecule has 0 fully saturated rings. The van der Waals surface area contributed by atoms with E-state index in [4.69, 9.17) is 4.42 Å². The van der Waals surface area contributed by atoms with Crippen LogP contribution in [-0.4, -0.2) is 15.0 Å². The van der Waals surface area contributed by atoms with Crippen LogP contribution in [0.25, 0.3) is 77.5 Å². The largest absolute Gasteiger partial charge is 0.500 e. The van der Waals surface area contributed by atoms with Gasteiger partial charge in [-0.15, -0.1) is 53.6 Å². The van der Waals surface area contributed by atoms with Gasteiger partial charge in [0, 0.05) is 61.2 Å². The van der Waals surface area contributed by atoms with Crippen LogP contribution in [0, 0.1) is 26.0 Å². The molecule has 5 aromatic carbocycles. The average molecular weight is 822 g/mol. The minimum Gasteiger partial charge on any atom is -0.500 e. The summed E-state index contributed by atoms with van der Waals surface area (Å²) >= 11 is 0. The number of aryl methyl sites for hydroxylation is 2. The number of pyridine rings is 3. The molecule has 0 saturated carbocycles. The van der Waals surface area contributed by atoms with Crippen LogP contribution < -0.4 is 0 Å². The fourth-order valence-electron chi connectivity index (χ4n) is 6.29. The van der Waals surface area contributed by atoms with Gasteiger partial charge >= 0.3 is 0 Å². The van der Waals surface area contributed by atoms with Gasteiger partial charge in [-0.1, -0.05) is 103 Å². The van der Waals surface area contributed by atoms with Gasteiger partial charge in [0.25, 0.3) is 0 Å². The molecule has 0 saturated heterocycles. The minimum atomic E-state index is 0. The molecule has 5 heteroatoms. The van der Waals surface area contributed by atoms with E-state index >= 15 is 0 Å². The first-order valence-electron chi connectivity index (χ1n) is 16.3. The molecule has 1 radical (unpaired) electrons. The molecule has 4 aromatic heterocycles. The van der Waals surface area contributed by atoms with Gasteiger partial charge in [0.2, 0.25) is 0 Å². The minimum absolute atomic E-state index is 0. The molecule has 9 aromatic rings. The fourth-order valence-corrected chi connectivity index (χ4v) is 6.29. The summed E-state index contributed by atoms with van der Waals surface area (Å²) in [6, 6.07) is 49.8. The van der Waals surface area contributed by atoms with E-state index in [-0.39, 0.29) is 20.1 Å². The van der Waals surface area contributed by atoms with Gasteiger partial charge in [0.1, 0.15) is 5.58 Å². The standard InChI is InChI=1S/C26H15N2O.C19H16N.Ir/c1-2-14-28-24(12-1)22-11-5-10-21-20-9-4-8-19(25(20)29-26(21)22)18-7-3-6-17-13-15-27-16-23(17)18;1-14-8-10-17(11-9-14)19-12-18(15(2)13-20-19)16-6-4-3-5-7-16;/h1-10,12-16H;3-10,12-13H,1-2H3;/q2*-1;. The summed E-state index contributed by atoms with van der Waals surface area (Å²) in [6.07, 6.45) is 7.46. The summed E-state index contributed by atoms with van der Waals surface area (Å²) < 4.78 is 6.48. The number of benzene rings is 5.